The molecule has 1 radical (unpaired) electrons. The number of hydrogen-bond donors (Lipinski definition) is 1. The van der Waals surface area contributed by atoms with Gasteiger partial charge < -0.3 is 10.5 Å². The highest BCUT2D eigenvalue weighted by molar-refractivity contribution is 5.71. The fourth-order valence-corrected chi connectivity index (χ4v) is 0.467. The Balaban J connectivity index is 2.09. The van der Waals surface area contributed by atoms with Gasteiger partial charge in [-0.2, -0.15) is 0 Å². The quantitative estimate of drug-likeness (QED) is 0.496. The predicted octanol–water partition coefficient (Wildman–Crippen LogP) is -0.584. The Hall–Kier alpha value is -0.770. The van der Waals surface area contributed by atoms with Gasteiger partial charge in [-0.15, -0.1) is 0 Å². The summed E-state index contributed by atoms with van der Waals surface area (Å²) in [6.45, 7) is 0.696. The smallest absolute Gasteiger partial charge is 0.336 e. The Labute approximate surface area is 47.0 Å². The van der Waals surface area contributed by atoms with Crippen LogP contribution < -0.4 is 11.1 Å². The van der Waals surface area contributed by atoms with Gasteiger partial charge in [0.15, 0.2) is 6.23 Å². The molecule has 1 unspecified atom stereocenters. The number of ether oxygens (including phenoxy) is 1. The van der Waals surface area contributed by atoms with Crippen molar-refractivity contribution in [2.75, 3.05) is 6.61 Å². The van der Waals surface area contributed by atoms with E-state index < -0.39 is 6.03 Å². The van der Waals surface area contributed by atoms with Gasteiger partial charge in [0.2, 0.25) is 0 Å². The first kappa shape index (κ1) is 5.37. The Kier molecular flexibility index (Phi) is 1.34. The molecule has 45 valence electrons. The fourth-order valence-electron chi connectivity index (χ4n) is 0.467. The molecule has 4 heteroatoms. The summed E-state index contributed by atoms with van der Waals surface area (Å²) in [7, 11) is 0. The van der Waals surface area contributed by atoms with Crippen molar-refractivity contribution in [3.63, 3.8) is 0 Å². The van der Waals surface area contributed by atoms with Crippen molar-refractivity contribution in [1.29, 1.82) is 0 Å². The number of carbonyl (C=O) groups is 1. The number of hydrogen-bond acceptors (Lipinski definition) is 2. The number of nitrogens with zero attached hydrogens (tertiary/aromatic N) is 1. The molecule has 2 amide bonds. The van der Waals surface area contributed by atoms with E-state index >= 15 is 0 Å². The summed E-state index contributed by atoms with van der Waals surface area (Å²) in [5.74, 6) is 0. The second-order valence-corrected chi connectivity index (χ2v) is 1.58. The molecule has 1 rings (SSSR count). The van der Waals surface area contributed by atoms with Crippen LogP contribution >= 0.6 is 0 Å². The standard InChI is InChI=1S/C4H7N2O2/c5-4(7)6-3-1-2-8-3/h3H,1-2H2,(H2,5,7). The summed E-state index contributed by atoms with van der Waals surface area (Å²) < 4.78 is 4.77. The lowest BCUT2D eigenvalue weighted by Crippen LogP contribution is -2.41. The second kappa shape index (κ2) is 2.00. The lowest BCUT2D eigenvalue weighted by Gasteiger charge is -2.23. The van der Waals surface area contributed by atoms with Crippen LogP contribution in [0.5, 0.6) is 0 Å². The number of urea groups is 1. The highest BCUT2D eigenvalue weighted by atomic mass is 16.5. The van der Waals surface area contributed by atoms with Crippen LogP contribution in [-0.2, 0) is 4.74 Å². The molecule has 1 fully saturated rings. The molecule has 0 saturated carbocycles. The molecule has 1 aliphatic rings. The molecular weight excluding hydrogens is 108 g/mol. The predicted molar refractivity (Wildman–Crippen MR) is 26.1 cm³/mol. The van der Waals surface area contributed by atoms with Gasteiger partial charge in [-0.3, -0.25) is 0 Å². The lowest BCUT2D eigenvalue weighted by atomic mass is 10.3. The first-order valence-electron chi connectivity index (χ1n) is 2.41. The zero-order valence-electron chi connectivity index (χ0n) is 4.33. The molecule has 0 aromatic carbocycles. The number of rotatable bonds is 1. The van der Waals surface area contributed by atoms with Gasteiger partial charge in [0.1, 0.15) is 0 Å². The summed E-state index contributed by atoms with van der Waals surface area (Å²) in [5, 5.41) is 3.40. The minimum atomic E-state index is -0.644. The number of nitrogens with two attached hydrogens (primary N) is 1. The van der Waals surface area contributed by atoms with E-state index in [1.54, 1.807) is 0 Å². The molecule has 4 nitrogen and oxygen atoms in total. The van der Waals surface area contributed by atoms with Crippen LogP contribution in [0.4, 0.5) is 4.79 Å². The Bertz CT molecular complexity index is 100. The molecule has 2 N–H and O–H groups in total. The van der Waals surface area contributed by atoms with Gasteiger partial charge in [0.25, 0.3) is 0 Å². The van der Waals surface area contributed by atoms with Crippen molar-refractivity contribution < 1.29 is 9.53 Å². The summed E-state index contributed by atoms with van der Waals surface area (Å²) in [6, 6.07) is -0.644. The van der Waals surface area contributed by atoms with Crippen LogP contribution in [0, 0.1) is 0 Å². The SMILES string of the molecule is NC(=O)[N]C1CCO1. The van der Waals surface area contributed by atoms with Gasteiger partial charge in [-0.05, 0) is 0 Å². The summed E-state index contributed by atoms with van der Waals surface area (Å²) in [5.41, 5.74) is 4.72. The van der Waals surface area contributed by atoms with E-state index in [0.29, 0.717) is 6.61 Å². The van der Waals surface area contributed by atoms with Gasteiger partial charge >= 0.3 is 6.03 Å². The van der Waals surface area contributed by atoms with Crippen LogP contribution in [0.1, 0.15) is 6.42 Å². The van der Waals surface area contributed by atoms with E-state index in [-0.39, 0.29) is 6.23 Å². The highest BCUT2D eigenvalue weighted by Gasteiger charge is 2.20. The molecule has 1 atom stereocenters. The normalized spacial score (nSPS) is 26.2. The third-order valence-electron chi connectivity index (χ3n) is 0.946. The zero-order valence-corrected chi connectivity index (χ0v) is 4.33. The maximum atomic E-state index is 9.98. The average Bonchev–Trinajstić information content (AvgIpc) is 1.55. The highest BCUT2D eigenvalue weighted by Crippen LogP contribution is 2.07. The molecule has 0 bridgehead atoms. The van der Waals surface area contributed by atoms with E-state index in [1.807, 2.05) is 0 Å². The van der Waals surface area contributed by atoms with E-state index in [9.17, 15) is 4.79 Å². The zero-order chi connectivity index (χ0) is 5.98. The van der Waals surface area contributed by atoms with Crippen molar-refractivity contribution in [3.05, 3.63) is 0 Å². The second-order valence-electron chi connectivity index (χ2n) is 1.58. The summed E-state index contributed by atoms with van der Waals surface area (Å²) >= 11 is 0. The fraction of sp³-hybridized carbons (Fsp3) is 0.750. The molecule has 0 spiro atoms. The van der Waals surface area contributed by atoms with E-state index in [2.05, 4.69) is 5.32 Å². The molecule has 8 heavy (non-hydrogen) atoms. The molecular formula is C4H7N2O2. The molecule has 1 aliphatic heterocycles. The van der Waals surface area contributed by atoms with Crippen molar-refractivity contribution in [3.8, 4) is 0 Å². The first-order chi connectivity index (χ1) is 3.79. The van der Waals surface area contributed by atoms with Gasteiger partial charge in [0, 0.05) is 6.42 Å². The first-order valence-corrected chi connectivity index (χ1v) is 2.41. The minimum Gasteiger partial charge on any atom is -0.356 e. The van der Waals surface area contributed by atoms with E-state index in [4.69, 9.17) is 10.5 Å². The Morgan fingerprint density at radius 1 is 1.88 bits per heavy atom. The molecule has 1 saturated heterocycles. The van der Waals surface area contributed by atoms with Crippen LogP contribution in [0.15, 0.2) is 0 Å². The van der Waals surface area contributed by atoms with Crippen molar-refractivity contribution >= 4 is 6.03 Å². The topological polar surface area (TPSA) is 66.4 Å². The summed E-state index contributed by atoms with van der Waals surface area (Å²) in [4.78, 5) is 9.98. The van der Waals surface area contributed by atoms with E-state index in [0.717, 1.165) is 6.42 Å². The van der Waals surface area contributed by atoms with Gasteiger partial charge in [0.05, 0.1) is 6.61 Å². The molecule has 0 aliphatic carbocycles. The molecule has 1 heterocycles. The Morgan fingerprint density at radius 3 is 2.62 bits per heavy atom. The monoisotopic (exact) mass is 115 g/mol. The lowest BCUT2D eigenvalue weighted by molar-refractivity contribution is -0.0641. The molecule has 0 aromatic heterocycles. The average molecular weight is 115 g/mol. The number of amides is 2. The third kappa shape index (κ3) is 1.10. The van der Waals surface area contributed by atoms with Gasteiger partial charge in [-0.25, -0.2) is 10.1 Å². The van der Waals surface area contributed by atoms with Crippen molar-refractivity contribution in [1.82, 2.24) is 5.32 Å². The van der Waals surface area contributed by atoms with Crippen LogP contribution in [0.3, 0.4) is 0 Å². The Morgan fingerprint density at radius 2 is 2.50 bits per heavy atom. The van der Waals surface area contributed by atoms with Crippen LogP contribution in [0.25, 0.3) is 0 Å². The molecule has 0 aromatic rings. The largest absolute Gasteiger partial charge is 0.356 e. The minimum absolute atomic E-state index is 0.243. The summed E-state index contributed by atoms with van der Waals surface area (Å²) in [6.07, 6.45) is 0.579. The van der Waals surface area contributed by atoms with Crippen molar-refractivity contribution in [2.45, 2.75) is 12.6 Å². The van der Waals surface area contributed by atoms with E-state index in [1.165, 1.54) is 0 Å². The van der Waals surface area contributed by atoms with Gasteiger partial charge in [-0.1, -0.05) is 0 Å². The van der Waals surface area contributed by atoms with Crippen molar-refractivity contribution in [2.24, 2.45) is 5.73 Å². The van der Waals surface area contributed by atoms with Crippen LogP contribution in [-0.4, -0.2) is 18.9 Å². The van der Waals surface area contributed by atoms with Crippen LogP contribution in [0.2, 0.25) is 0 Å². The maximum absolute atomic E-state index is 9.98. The third-order valence-corrected chi connectivity index (χ3v) is 0.946. The maximum Gasteiger partial charge on any atom is 0.336 e. The number of primary amides is 1. The number of carbonyl (C=O) groups excluding carboxylic acids is 1.